The van der Waals surface area contributed by atoms with Gasteiger partial charge in [0.15, 0.2) is 0 Å². The van der Waals surface area contributed by atoms with Gasteiger partial charge in [-0.25, -0.2) is 0 Å². The van der Waals surface area contributed by atoms with Gasteiger partial charge in [-0.2, -0.15) is 0 Å². The summed E-state index contributed by atoms with van der Waals surface area (Å²) in [7, 11) is 8.13. The Morgan fingerprint density at radius 2 is 0.778 bits per heavy atom. The number of rotatable bonds is 6. The standard InChI is InChI=1S/2C15H15BrN2/c2*1-18(2)15-9-3-12(4-10-15)11-17-14-7-5-13(16)6-8-14/h2*3-11H,1-2H3. The molecule has 0 aliphatic heterocycles. The van der Waals surface area contributed by atoms with Crippen molar-refractivity contribution < 1.29 is 0 Å². The summed E-state index contributed by atoms with van der Waals surface area (Å²) in [6.07, 6.45) is 3.76. The monoisotopic (exact) mass is 604 g/mol. The Kier molecular flexibility index (Phi) is 10.5. The molecule has 4 aromatic carbocycles. The van der Waals surface area contributed by atoms with E-state index in [-0.39, 0.29) is 0 Å². The van der Waals surface area contributed by atoms with Crippen LogP contribution in [0.15, 0.2) is 116 Å². The van der Waals surface area contributed by atoms with E-state index in [9.17, 15) is 0 Å². The van der Waals surface area contributed by atoms with Crippen LogP contribution in [-0.2, 0) is 0 Å². The highest BCUT2D eigenvalue weighted by atomic mass is 79.9. The van der Waals surface area contributed by atoms with E-state index in [1.54, 1.807) is 0 Å². The summed E-state index contributed by atoms with van der Waals surface area (Å²) in [6.45, 7) is 0. The SMILES string of the molecule is CN(C)c1ccc(C=Nc2ccc(Br)cc2)cc1.CN(C)c1ccc(C=Nc2ccc(Br)cc2)cc1. The Hall–Kier alpha value is -3.22. The van der Waals surface area contributed by atoms with Crippen LogP contribution in [0.25, 0.3) is 0 Å². The van der Waals surface area contributed by atoms with Crippen molar-refractivity contribution >= 4 is 67.0 Å². The molecular formula is C30H30Br2N4. The van der Waals surface area contributed by atoms with Gasteiger partial charge in [-0.1, -0.05) is 56.1 Å². The van der Waals surface area contributed by atoms with Gasteiger partial charge in [0.1, 0.15) is 0 Å². The van der Waals surface area contributed by atoms with Crippen LogP contribution in [-0.4, -0.2) is 40.6 Å². The number of halogens is 2. The molecule has 4 nitrogen and oxygen atoms in total. The maximum atomic E-state index is 4.43. The third-order valence-electron chi connectivity index (χ3n) is 5.20. The Balaban J connectivity index is 0.000000201. The van der Waals surface area contributed by atoms with Gasteiger partial charge in [-0.15, -0.1) is 0 Å². The number of hydrogen-bond donors (Lipinski definition) is 0. The predicted molar refractivity (Wildman–Crippen MR) is 164 cm³/mol. The Bertz CT molecular complexity index is 1160. The summed E-state index contributed by atoms with van der Waals surface area (Å²) in [4.78, 5) is 13.0. The first kappa shape index (κ1) is 27.4. The van der Waals surface area contributed by atoms with Crippen molar-refractivity contribution in [1.29, 1.82) is 0 Å². The average molecular weight is 606 g/mol. The van der Waals surface area contributed by atoms with Gasteiger partial charge in [0.2, 0.25) is 0 Å². The molecule has 0 N–H and O–H groups in total. The van der Waals surface area contributed by atoms with Crippen molar-refractivity contribution in [2.75, 3.05) is 38.0 Å². The van der Waals surface area contributed by atoms with E-state index in [4.69, 9.17) is 0 Å². The van der Waals surface area contributed by atoms with E-state index in [0.29, 0.717) is 0 Å². The van der Waals surface area contributed by atoms with Crippen molar-refractivity contribution in [2.24, 2.45) is 9.98 Å². The van der Waals surface area contributed by atoms with Gasteiger partial charge in [0.05, 0.1) is 11.4 Å². The first-order valence-electron chi connectivity index (χ1n) is 11.4. The van der Waals surface area contributed by atoms with Gasteiger partial charge in [0, 0.05) is 60.9 Å². The molecule has 4 aromatic rings. The Labute approximate surface area is 231 Å². The third-order valence-corrected chi connectivity index (χ3v) is 6.25. The second-order valence-electron chi connectivity index (χ2n) is 8.44. The van der Waals surface area contributed by atoms with Crippen LogP contribution in [0.5, 0.6) is 0 Å². The van der Waals surface area contributed by atoms with Crippen molar-refractivity contribution in [3.05, 3.63) is 117 Å². The summed E-state index contributed by atoms with van der Waals surface area (Å²) < 4.78 is 2.13. The summed E-state index contributed by atoms with van der Waals surface area (Å²) in [6, 6.07) is 32.5. The maximum Gasteiger partial charge on any atom is 0.0630 e. The molecule has 0 bridgehead atoms. The number of benzene rings is 4. The number of aliphatic imine (C=N–C) groups is 2. The number of hydrogen-bond acceptors (Lipinski definition) is 4. The molecule has 0 aliphatic rings. The lowest BCUT2D eigenvalue weighted by Crippen LogP contribution is -2.08. The molecule has 4 rings (SSSR count). The van der Waals surface area contributed by atoms with Gasteiger partial charge in [0.25, 0.3) is 0 Å². The van der Waals surface area contributed by atoms with Crippen molar-refractivity contribution in [2.45, 2.75) is 0 Å². The maximum absolute atomic E-state index is 4.43. The van der Waals surface area contributed by atoms with Gasteiger partial charge in [-0.05, 0) is 83.9 Å². The molecule has 0 aliphatic carbocycles. The van der Waals surface area contributed by atoms with E-state index >= 15 is 0 Å². The second kappa shape index (κ2) is 13.8. The molecule has 0 spiro atoms. The topological polar surface area (TPSA) is 31.2 Å². The van der Waals surface area contributed by atoms with E-state index in [1.165, 1.54) is 11.4 Å². The second-order valence-corrected chi connectivity index (χ2v) is 10.3. The zero-order valence-electron chi connectivity index (χ0n) is 20.9. The number of nitrogens with zero attached hydrogens (tertiary/aromatic N) is 4. The fourth-order valence-corrected chi connectivity index (χ4v) is 3.60. The van der Waals surface area contributed by atoms with Crippen LogP contribution >= 0.6 is 31.9 Å². The highest BCUT2D eigenvalue weighted by molar-refractivity contribution is 9.10. The van der Waals surface area contributed by atoms with Crippen LogP contribution in [0.1, 0.15) is 11.1 Å². The molecule has 0 saturated heterocycles. The molecule has 0 atom stereocenters. The minimum Gasteiger partial charge on any atom is -0.378 e. The van der Waals surface area contributed by atoms with Crippen LogP contribution in [0.3, 0.4) is 0 Å². The molecule has 0 fully saturated rings. The molecule has 0 heterocycles. The normalized spacial score (nSPS) is 10.8. The molecule has 0 amide bonds. The highest BCUT2D eigenvalue weighted by Gasteiger charge is 1.96. The summed E-state index contributed by atoms with van der Waals surface area (Å²) in [5, 5.41) is 0. The van der Waals surface area contributed by atoms with Crippen molar-refractivity contribution in [3.8, 4) is 0 Å². The molecule has 0 aromatic heterocycles. The summed E-state index contributed by atoms with van der Waals surface area (Å²) in [5.41, 5.74) is 6.49. The quantitative estimate of drug-likeness (QED) is 0.206. The van der Waals surface area contributed by atoms with E-state index < -0.39 is 0 Å². The molecule has 6 heteroatoms. The average Bonchev–Trinajstić information content (AvgIpc) is 2.89. The van der Waals surface area contributed by atoms with Crippen LogP contribution in [0.4, 0.5) is 22.7 Å². The van der Waals surface area contributed by atoms with Gasteiger partial charge < -0.3 is 9.80 Å². The zero-order valence-corrected chi connectivity index (χ0v) is 24.1. The lowest BCUT2D eigenvalue weighted by Gasteiger charge is -2.11. The molecular weight excluding hydrogens is 576 g/mol. The fourth-order valence-electron chi connectivity index (χ4n) is 3.07. The van der Waals surface area contributed by atoms with E-state index in [2.05, 4.69) is 100 Å². The Morgan fingerprint density at radius 1 is 0.472 bits per heavy atom. The molecule has 36 heavy (non-hydrogen) atoms. The van der Waals surface area contributed by atoms with Crippen LogP contribution < -0.4 is 9.80 Å². The minimum absolute atomic E-state index is 0.954. The molecule has 184 valence electrons. The lowest BCUT2D eigenvalue weighted by molar-refractivity contribution is 1.13. The van der Waals surface area contributed by atoms with Crippen LogP contribution in [0.2, 0.25) is 0 Å². The first-order chi connectivity index (χ1) is 17.3. The van der Waals surface area contributed by atoms with Crippen molar-refractivity contribution in [1.82, 2.24) is 0 Å². The molecule has 0 unspecified atom stereocenters. The lowest BCUT2D eigenvalue weighted by atomic mass is 10.2. The van der Waals surface area contributed by atoms with Crippen molar-refractivity contribution in [3.63, 3.8) is 0 Å². The largest absolute Gasteiger partial charge is 0.378 e. The van der Waals surface area contributed by atoms with Crippen LogP contribution in [0, 0.1) is 0 Å². The first-order valence-corrected chi connectivity index (χ1v) is 13.0. The Morgan fingerprint density at radius 3 is 1.06 bits per heavy atom. The number of anilines is 2. The van der Waals surface area contributed by atoms with E-state index in [0.717, 1.165) is 31.4 Å². The third kappa shape index (κ3) is 9.10. The molecule has 0 radical (unpaired) electrons. The van der Waals surface area contributed by atoms with Gasteiger partial charge >= 0.3 is 0 Å². The molecule has 0 saturated carbocycles. The summed E-state index contributed by atoms with van der Waals surface area (Å²) >= 11 is 6.81. The summed E-state index contributed by atoms with van der Waals surface area (Å²) in [5.74, 6) is 0. The highest BCUT2D eigenvalue weighted by Crippen LogP contribution is 2.18. The predicted octanol–water partition coefficient (Wildman–Crippen LogP) is 8.53. The fraction of sp³-hybridized carbons (Fsp3) is 0.133. The smallest absolute Gasteiger partial charge is 0.0630 e. The zero-order chi connectivity index (χ0) is 25.9. The minimum atomic E-state index is 0.954. The van der Waals surface area contributed by atoms with E-state index in [1.807, 2.05) is 89.2 Å². The van der Waals surface area contributed by atoms with Gasteiger partial charge in [-0.3, -0.25) is 9.98 Å².